The molecule has 0 aliphatic heterocycles. The lowest BCUT2D eigenvalue weighted by Crippen LogP contribution is -2.32. The predicted molar refractivity (Wildman–Crippen MR) is 80.7 cm³/mol. The fraction of sp³-hybridized carbons (Fsp3) is 0.647. The Balaban J connectivity index is 1.72. The van der Waals surface area contributed by atoms with E-state index in [0.29, 0.717) is 6.04 Å². The Morgan fingerprint density at radius 3 is 2.58 bits per heavy atom. The highest BCUT2D eigenvalue weighted by Gasteiger charge is 2.21. The molecule has 1 aliphatic carbocycles. The van der Waals surface area contributed by atoms with E-state index in [4.69, 9.17) is 4.74 Å². The molecule has 1 aromatic carbocycles. The molecule has 19 heavy (non-hydrogen) atoms. The quantitative estimate of drug-likeness (QED) is 0.844. The maximum Gasteiger partial charge on any atom is 0.118 e. The average Bonchev–Trinajstić information content (AvgIpc) is 2.83. The minimum Gasteiger partial charge on any atom is -0.497 e. The van der Waals surface area contributed by atoms with E-state index >= 15 is 0 Å². The Morgan fingerprint density at radius 2 is 2.00 bits per heavy atom. The van der Waals surface area contributed by atoms with E-state index < -0.39 is 0 Å². The largest absolute Gasteiger partial charge is 0.497 e. The first kappa shape index (κ1) is 14.4. The number of ether oxygens (including phenoxy) is 1. The summed E-state index contributed by atoms with van der Waals surface area (Å²) in [7, 11) is 1.71. The summed E-state index contributed by atoms with van der Waals surface area (Å²) in [6, 6.07) is 8.95. The van der Waals surface area contributed by atoms with Crippen LogP contribution in [0.4, 0.5) is 0 Å². The molecule has 3 atom stereocenters. The van der Waals surface area contributed by atoms with Crippen molar-refractivity contribution >= 4 is 0 Å². The van der Waals surface area contributed by atoms with Crippen molar-refractivity contribution in [2.45, 2.75) is 45.6 Å². The molecular weight excluding hydrogens is 234 g/mol. The van der Waals surface area contributed by atoms with Crippen molar-refractivity contribution in [1.29, 1.82) is 0 Å². The van der Waals surface area contributed by atoms with Crippen LogP contribution in [0.15, 0.2) is 24.3 Å². The first-order valence-electron chi connectivity index (χ1n) is 7.53. The maximum atomic E-state index is 5.18. The Kier molecular flexibility index (Phi) is 5.26. The van der Waals surface area contributed by atoms with Crippen LogP contribution in [0, 0.1) is 11.8 Å². The molecule has 0 amide bonds. The van der Waals surface area contributed by atoms with Gasteiger partial charge in [-0.15, -0.1) is 0 Å². The Hall–Kier alpha value is -1.02. The van der Waals surface area contributed by atoms with E-state index in [1.54, 1.807) is 7.11 Å². The predicted octanol–water partition coefficient (Wildman–Crippen LogP) is 3.65. The summed E-state index contributed by atoms with van der Waals surface area (Å²) in [5.41, 5.74) is 1.38. The molecule has 2 nitrogen and oxygen atoms in total. The molecule has 1 fully saturated rings. The molecule has 0 saturated heterocycles. The second kappa shape index (κ2) is 6.95. The van der Waals surface area contributed by atoms with Gasteiger partial charge in [-0.1, -0.05) is 25.5 Å². The third kappa shape index (κ3) is 4.54. The molecular formula is C17H27NO. The van der Waals surface area contributed by atoms with Crippen LogP contribution < -0.4 is 10.1 Å². The van der Waals surface area contributed by atoms with Crippen molar-refractivity contribution in [3.63, 3.8) is 0 Å². The smallest absolute Gasteiger partial charge is 0.118 e. The van der Waals surface area contributed by atoms with Crippen LogP contribution in [0.3, 0.4) is 0 Å². The maximum absolute atomic E-state index is 5.18. The molecule has 0 radical (unpaired) electrons. The van der Waals surface area contributed by atoms with Gasteiger partial charge in [0.25, 0.3) is 0 Å². The van der Waals surface area contributed by atoms with Gasteiger partial charge in [0.1, 0.15) is 5.75 Å². The standard InChI is InChI=1S/C17H27NO/c1-13-4-5-16(10-13)12-18-14(2)11-15-6-8-17(19-3)9-7-15/h6-9,13-14,16,18H,4-5,10-12H2,1-3H3. The zero-order chi connectivity index (χ0) is 13.7. The highest BCUT2D eigenvalue weighted by Crippen LogP contribution is 2.29. The molecule has 1 N–H and O–H groups in total. The van der Waals surface area contributed by atoms with Crippen LogP contribution in [-0.2, 0) is 6.42 Å². The number of hydrogen-bond donors (Lipinski definition) is 1. The summed E-state index contributed by atoms with van der Waals surface area (Å²) in [5.74, 6) is 2.77. The van der Waals surface area contributed by atoms with E-state index in [2.05, 4.69) is 31.3 Å². The topological polar surface area (TPSA) is 21.3 Å². The van der Waals surface area contributed by atoms with Gasteiger partial charge in [-0.25, -0.2) is 0 Å². The minimum absolute atomic E-state index is 0.546. The molecule has 2 heteroatoms. The number of hydrogen-bond acceptors (Lipinski definition) is 2. The van der Waals surface area contributed by atoms with Gasteiger partial charge >= 0.3 is 0 Å². The summed E-state index contributed by atoms with van der Waals surface area (Å²) in [6.07, 6.45) is 5.32. The average molecular weight is 261 g/mol. The van der Waals surface area contributed by atoms with Crippen LogP contribution in [0.1, 0.15) is 38.7 Å². The molecule has 0 bridgehead atoms. The Labute approximate surface area is 117 Å². The monoisotopic (exact) mass is 261 g/mol. The minimum atomic E-state index is 0.546. The van der Waals surface area contributed by atoms with Crippen molar-refractivity contribution < 1.29 is 4.74 Å². The second-order valence-electron chi connectivity index (χ2n) is 6.15. The summed E-state index contributed by atoms with van der Waals surface area (Å²) in [5, 5.41) is 3.69. The van der Waals surface area contributed by atoms with Gasteiger partial charge in [-0.2, -0.15) is 0 Å². The molecule has 0 aromatic heterocycles. The first-order valence-corrected chi connectivity index (χ1v) is 7.53. The summed E-state index contributed by atoms with van der Waals surface area (Å²) in [6.45, 7) is 5.84. The first-order chi connectivity index (χ1) is 9.17. The summed E-state index contributed by atoms with van der Waals surface area (Å²) >= 11 is 0. The normalized spacial score (nSPS) is 24.4. The van der Waals surface area contributed by atoms with Gasteiger partial charge in [0.2, 0.25) is 0 Å². The van der Waals surface area contributed by atoms with E-state index in [-0.39, 0.29) is 0 Å². The van der Waals surface area contributed by atoms with E-state index in [1.807, 2.05) is 12.1 Å². The van der Waals surface area contributed by atoms with Crippen molar-refractivity contribution in [2.24, 2.45) is 11.8 Å². The Morgan fingerprint density at radius 1 is 1.26 bits per heavy atom. The van der Waals surface area contributed by atoms with Crippen LogP contribution in [0.5, 0.6) is 5.75 Å². The molecule has 0 spiro atoms. The van der Waals surface area contributed by atoms with Crippen molar-refractivity contribution in [2.75, 3.05) is 13.7 Å². The zero-order valence-corrected chi connectivity index (χ0v) is 12.5. The highest BCUT2D eigenvalue weighted by atomic mass is 16.5. The Bertz CT molecular complexity index is 373. The second-order valence-corrected chi connectivity index (χ2v) is 6.15. The fourth-order valence-electron chi connectivity index (χ4n) is 3.07. The molecule has 3 unspecified atom stereocenters. The van der Waals surface area contributed by atoms with E-state index in [9.17, 15) is 0 Å². The van der Waals surface area contributed by atoms with Gasteiger partial charge in [-0.3, -0.25) is 0 Å². The van der Waals surface area contributed by atoms with E-state index in [1.165, 1.54) is 31.4 Å². The molecule has 1 saturated carbocycles. The fourth-order valence-corrected chi connectivity index (χ4v) is 3.07. The van der Waals surface area contributed by atoms with Crippen LogP contribution in [-0.4, -0.2) is 19.7 Å². The van der Waals surface area contributed by atoms with Gasteiger partial charge in [0.05, 0.1) is 7.11 Å². The molecule has 0 heterocycles. The zero-order valence-electron chi connectivity index (χ0n) is 12.5. The number of rotatable bonds is 6. The van der Waals surface area contributed by atoms with Gasteiger partial charge in [0.15, 0.2) is 0 Å². The molecule has 2 rings (SSSR count). The van der Waals surface area contributed by atoms with Gasteiger partial charge in [-0.05, 0) is 62.3 Å². The number of benzene rings is 1. The van der Waals surface area contributed by atoms with Crippen molar-refractivity contribution in [3.8, 4) is 5.75 Å². The van der Waals surface area contributed by atoms with Gasteiger partial charge < -0.3 is 10.1 Å². The van der Waals surface area contributed by atoms with Crippen molar-refractivity contribution in [1.82, 2.24) is 5.32 Å². The number of methoxy groups -OCH3 is 1. The van der Waals surface area contributed by atoms with Crippen LogP contribution >= 0.6 is 0 Å². The van der Waals surface area contributed by atoms with Crippen LogP contribution in [0.25, 0.3) is 0 Å². The molecule has 1 aliphatic rings. The highest BCUT2D eigenvalue weighted by molar-refractivity contribution is 5.27. The molecule has 106 valence electrons. The lowest BCUT2D eigenvalue weighted by Gasteiger charge is -2.17. The van der Waals surface area contributed by atoms with Gasteiger partial charge in [0, 0.05) is 6.04 Å². The van der Waals surface area contributed by atoms with E-state index in [0.717, 1.165) is 24.0 Å². The molecule has 1 aromatic rings. The lowest BCUT2D eigenvalue weighted by atomic mass is 10.0. The lowest BCUT2D eigenvalue weighted by molar-refractivity contribution is 0.414. The van der Waals surface area contributed by atoms with Crippen molar-refractivity contribution in [3.05, 3.63) is 29.8 Å². The van der Waals surface area contributed by atoms with Crippen LogP contribution in [0.2, 0.25) is 0 Å². The SMILES string of the molecule is COc1ccc(CC(C)NCC2CCC(C)C2)cc1. The number of nitrogens with one attached hydrogen (secondary N) is 1. The summed E-state index contributed by atoms with van der Waals surface area (Å²) < 4.78 is 5.18. The third-order valence-corrected chi connectivity index (χ3v) is 4.26. The third-order valence-electron chi connectivity index (χ3n) is 4.26. The summed E-state index contributed by atoms with van der Waals surface area (Å²) in [4.78, 5) is 0.